The third kappa shape index (κ3) is 3.40. The van der Waals surface area contributed by atoms with E-state index in [2.05, 4.69) is 35.8 Å². The van der Waals surface area contributed by atoms with Crippen LogP contribution in [0.4, 0.5) is 16.2 Å². The molecule has 3 aromatic rings. The first-order chi connectivity index (χ1) is 11.1. The van der Waals surface area contributed by atoms with Crippen LogP contribution in [0.5, 0.6) is 0 Å². The normalized spacial score (nSPS) is 10.3. The fourth-order valence-corrected chi connectivity index (χ4v) is 2.01. The van der Waals surface area contributed by atoms with E-state index in [0.29, 0.717) is 27.9 Å². The summed E-state index contributed by atoms with van der Waals surface area (Å²) in [7, 11) is 0. The zero-order valence-corrected chi connectivity index (χ0v) is 12.7. The van der Waals surface area contributed by atoms with Gasteiger partial charge in [-0.25, -0.2) is 19.7 Å². The lowest BCUT2D eigenvalue weighted by Crippen LogP contribution is -2.20. The topological polar surface area (TPSA) is 111 Å². The molecule has 2 amide bonds. The molecule has 0 spiro atoms. The van der Waals surface area contributed by atoms with Gasteiger partial charge < -0.3 is 10.6 Å². The predicted octanol–water partition coefficient (Wildman–Crippen LogP) is 2.06. The van der Waals surface area contributed by atoms with Crippen LogP contribution in [0.25, 0.3) is 5.82 Å². The van der Waals surface area contributed by atoms with Crippen molar-refractivity contribution in [2.75, 3.05) is 10.6 Å². The molecule has 23 heavy (non-hydrogen) atoms. The Kier molecular flexibility index (Phi) is 4.11. The number of aryl methyl sites for hydroxylation is 1. The lowest BCUT2D eigenvalue weighted by molar-refractivity contribution is 0.262. The van der Waals surface area contributed by atoms with Crippen molar-refractivity contribution in [3.05, 3.63) is 47.9 Å². The molecular weight excluding hydrogens is 320 g/mol. The molecule has 0 unspecified atom stereocenters. The van der Waals surface area contributed by atoms with Gasteiger partial charge in [-0.15, -0.1) is 4.80 Å². The smallest absolute Gasteiger partial charge is 0.306 e. The Morgan fingerprint density at radius 2 is 1.96 bits per heavy atom. The first kappa shape index (κ1) is 14.9. The van der Waals surface area contributed by atoms with E-state index in [0.717, 1.165) is 0 Å². The number of pyridine rings is 1. The van der Waals surface area contributed by atoms with Crippen LogP contribution in [-0.2, 0) is 0 Å². The average Bonchev–Trinajstić information content (AvgIpc) is 3.04. The first-order valence-electron chi connectivity index (χ1n) is 6.50. The summed E-state index contributed by atoms with van der Waals surface area (Å²) in [5.41, 5.74) is 1.60. The number of rotatable bonds is 3. The van der Waals surface area contributed by atoms with Crippen LogP contribution >= 0.6 is 11.6 Å². The monoisotopic (exact) mass is 330 g/mol. The zero-order valence-electron chi connectivity index (χ0n) is 11.9. The maximum Gasteiger partial charge on any atom is 0.323 e. The van der Waals surface area contributed by atoms with Gasteiger partial charge in [-0.05, 0) is 13.0 Å². The lowest BCUT2D eigenvalue weighted by atomic mass is 10.3. The molecule has 0 atom stereocenters. The molecule has 10 heteroatoms. The molecule has 2 N–H and O–H groups in total. The number of halogens is 1. The van der Waals surface area contributed by atoms with E-state index in [4.69, 9.17) is 11.6 Å². The van der Waals surface area contributed by atoms with Crippen LogP contribution in [0.1, 0.15) is 5.69 Å². The molecule has 0 bridgehead atoms. The summed E-state index contributed by atoms with van der Waals surface area (Å²) in [6.45, 7) is 1.77. The van der Waals surface area contributed by atoms with Crippen molar-refractivity contribution in [2.24, 2.45) is 0 Å². The number of nitrogens with zero attached hydrogens (tertiary/aromatic N) is 6. The van der Waals surface area contributed by atoms with Crippen molar-refractivity contribution in [3.63, 3.8) is 0 Å². The highest BCUT2D eigenvalue weighted by molar-refractivity contribution is 6.32. The summed E-state index contributed by atoms with van der Waals surface area (Å²) in [6.07, 6.45) is 7.41. The van der Waals surface area contributed by atoms with E-state index in [1.165, 1.54) is 35.9 Å². The molecule has 0 fully saturated rings. The number of nitrogens with one attached hydrogen (secondary N) is 2. The summed E-state index contributed by atoms with van der Waals surface area (Å²) in [4.78, 5) is 25.3. The number of urea groups is 1. The van der Waals surface area contributed by atoms with Gasteiger partial charge in [-0.2, -0.15) is 10.2 Å². The summed E-state index contributed by atoms with van der Waals surface area (Å²) in [5.74, 6) is 0.370. The van der Waals surface area contributed by atoms with Gasteiger partial charge in [0.05, 0.1) is 46.9 Å². The van der Waals surface area contributed by atoms with Gasteiger partial charge in [-0.3, -0.25) is 0 Å². The molecule has 0 aliphatic carbocycles. The van der Waals surface area contributed by atoms with Crippen LogP contribution < -0.4 is 10.6 Å². The molecular formula is C13H11ClN8O. The van der Waals surface area contributed by atoms with Crippen molar-refractivity contribution in [2.45, 2.75) is 6.92 Å². The van der Waals surface area contributed by atoms with Gasteiger partial charge >= 0.3 is 6.03 Å². The van der Waals surface area contributed by atoms with Gasteiger partial charge in [0.1, 0.15) is 6.33 Å². The summed E-state index contributed by atoms with van der Waals surface area (Å²) < 4.78 is 0. The van der Waals surface area contributed by atoms with E-state index in [-0.39, 0.29) is 0 Å². The number of amides is 2. The standard InChI is InChI=1S/C13H11ClN8O/c1-8-11(6-15-7-17-8)21-13(23)20-9-4-10(14)12(16-5-9)22-18-2-3-19-22/h2-7H,1H3,(H2,20,21,23). The predicted molar refractivity (Wildman–Crippen MR) is 83.6 cm³/mol. The Hall–Kier alpha value is -3.07. The van der Waals surface area contributed by atoms with E-state index in [9.17, 15) is 4.79 Å². The van der Waals surface area contributed by atoms with Crippen LogP contribution in [0.2, 0.25) is 5.02 Å². The highest BCUT2D eigenvalue weighted by atomic mass is 35.5. The zero-order chi connectivity index (χ0) is 16.2. The van der Waals surface area contributed by atoms with E-state index >= 15 is 0 Å². The van der Waals surface area contributed by atoms with E-state index < -0.39 is 6.03 Å². The van der Waals surface area contributed by atoms with Crippen molar-refractivity contribution in [1.82, 2.24) is 29.9 Å². The number of hydrogen-bond donors (Lipinski definition) is 2. The maximum atomic E-state index is 12.0. The Labute approximate surface area is 135 Å². The molecule has 3 rings (SSSR count). The van der Waals surface area contributed by atoms with Crippen LogP contribution in [-0.4, -0.2) is 36.0 Å². The third-order valence-corrected chi connectivity index (χ3v) is 3.13. The largest absolute Gasteiger partial charge is 0.323 e. The van der Waals surface area contributed by atoms with E-state index in [1.807, 2.05) is 0 Å². The second kappa shape index (κ2) is 6.36. The number of carbonyl (C=O) groups excluding carboxylic acids is 1. The van der Waals surface area contributed by atoms with Gasteiger partial charge in [-0.1, -0.05) is 11.6 Å². The minimum atomic E-state index is -0.453. The Morgan fingerprint density at radius 1 is 1.17 bits per heavy atom. The number of anilines is 2. The van der Waals surface area contributed by atoms with Crippen molar-refractivity contribution in [3.8, 4) is 5.82 Å². The molecule has 0 aliphatic heterocycles. The minimum Gasteiger partial charge on any atom is -0.306 e. The second-order valence-corrected chi connectivity index (χ2v) is 4.86. The number of carbonyl (C=O) groups is 1. The average molecular weight is 331 g/mol. The Bertz CT molecular complexity index is 836. The van der Waals surface area contributed by atoms with Crippen LogP contribution in [0.3, 0.4) is 0 Å². The maximum absolute atomic E-state index is 12.0. The van der Waals surface area contributed by atoms with Crippen molar-refractivity contribution in [1.29, 1.82) is 0 Å². The number of hydrogen-bond acceptors (Lipinski definition) is 6. The highest BCUT2D eigenvalue weighted by Gasteiger charge is 2.10. The first-order valence-corrected chi connectivity index (χ1v) is 6.88. The highest BCUT2D eigenvalue weighted by Crippen LogP contribution is 2.20. The summed E-state index contributed by atoms with van der Waals surface area (Å²) >= 11 is 6.13. The molecule has 3 aromatic heterocycles. The lowest BCUT2D eigenvalue weighted by Gasteiger charge is -2.09. The molecule has 116 valence electrons. The fraction of sp³-hybridized carbons (Fsp3) is 0.0769. The molecule has 0 saturated carbocycles. The molecule has 0 aliphatic rings. The molecule has 0 aromatic carbocycles. The minimum absolute atomic E-state index is 0.304. The van der Waals surface area contributed by atoms with Crippen LogP contribution in [0.15, 0.2) is 37.2 Å². The molecule has 0 radical (unpaired) electrons. The van der Waals surface area contributed by atoms with Crippen LogP contribution in [0, 0.1) is 6.92 Å². The van der Waals surface area contributed by atoms with Gasteiger partial charge in [0.15, 0.2) is 5.82 Å². The van der Waals surface area contributed by atoms with E-state index in [1.54, 1.807) is 13.0 Å². The van der Waals surface area contributed by atoms with Gasteiger partial charge in [0.2, 0.25) is 0 Å². The SMILES string of the molecule is Cc1ncncc1NC(=O)Nc1cnc(-n2nccn2)c(Cl)c1. The Morgan fingerprint density at radius 3 is 2.65 bits per heavy atom. The quantitative estimate of drug-likeness (QED) is 0.760. The second-order valence-electron chi connectivity index (χ2n) is 4.45. The molecule has 9 nitrogen and oxygen atoms in total. The fourth-order valence-electron chi connectivity index (χ4n) is 1.77. The third-order valence-electron chi connectivity index (χ3n) is 2.85. The Balaban J connectivity index is 1.72. The molecule has 0 saturated heterocycles. The van der Waals surface area contributed by atoms with Crippen molar-refractivity contribution >= 4 is 29.0 Å². The number of aromatic nitrogens is 6. The van der Waals surface area contributed by atoms with Crippen molar-refractivity contribution < 1.29 is 4.79 Å². The summed E-state index contributed by atoms with van der Waals surface area (Å²) in [5, 5.41) is 13.5. The van der Waals surface area contributed by atoms with Gasteiger partial charge in [0, 0.05) is 0 Å². The summed E-state index contributed by atoms with van der Waals surface area (Å²) in [6, 6.07) is 1.10. The van der Waals surface area contributed by atoms with Gasteiger partial charge in [0.25, 0.3) is 0 Å². The molecule has 3 heterocycles.